The van der Waals surface area contributed by atoms with Crippen LogP contribution in [0.25, 0.3) is 0 Å². The van der Waals surface area contributed by atoms with Crippen LogP contribution in [0.4, 0.5) is 0 Å². The number of piperazine rings is 1. The van der Waals surface area contributed by atoms with E-state index >= 15 is 0 Å². The summed E-state index contributed by atoms with van der Waals surface area (Å²) in [6.07, 6.45) is 2.81. The first-order valence-corrected chi connectivity index (χ1v) is 6.50. The Balaban J connectivity index is 0.00000128. The van der Waals surface area contributed by atoms with Gasteiger partial charge in [0.2, 0.25) is 0 Å². The van der Waals surface area contributed by atoms with Gasteiger partial charge in [-0.25, -0.2) is 0 Å². The predicted octanol–water partition coefficient (Wildman–Crippen LogP) is 1.47. The standard InChI is InChI=1S/C12H25N3.2ClH/c1-12-2-6-14(7-3-12)10-11-15-8-4-13-5-9-15;;/h12-13H,2-11H2,1H3;2*1H. The van der Waals surface area contributed by atoms with Crippen LogP contribution in [-0.2, 0) is 0 Å². The highest BCUT2D eigenvalue weighted by molar-refractivity contribution is 5.85. The zero-order valence-electron chi connectivity index (χ0n) is 10.9. The van der Waals surface area contributed by atoms with Crippen molar-refractivity contribution < 1.29 is 0 Å². The smallest absolute Gasteiger partial charge is 0.0110 e. The lowest BCUT2D eigenvalue weighted by molar-refractivity contribution is 0.153. The number of halogens is 2. The van der Waals surface area contributed by atoms with Gasteiger partial charge in [0.25, 0.3) is 0 Å². The maximum absolute atomic E-state index is 3.40. The van der Waals surface area contributed by atoms with Gasteiger partial charge in [-0.2, -0.15) is 0 Å². The third-order valence-corrected chi connectivity index (χ3v) is 3.82. The fourth-order valence-electron chi connectivity index (χ4n) is 2.50. The summed E-state index contributed by atoms with van der Waals surface area (Å²) in [5.41, 5.74) is 0. The first-order chi connectivity index (χ1) is 7.34. The summed E-state index contributed by atoms with van der Waals surface area (Å²) in [4.78, 5) is 5.23. The Bertz CT molecular complexity index is 179. The van der Waals surface area contributed by atoms with Gasteiger partial charge in [-0.05, 0) is 31.8 Å². The van der Waals surface area contributed by atoms with Crippen LogP contribution in [0.5, 0.6) is 0 Å². The number of piperidine rings is 1. The average Bonchev–Trinajstić information content (AvgIpc) is 2.30. The normalized spacial score (nSPS) is 23.8. The molecule has 0 aromatic rings. The molecule has 0 amide bonds. The van der Waals surface area contributed by atoms with E-state index in [0.717, 1.165) is 5.92 Å². The molecule has 1 N–H and O–H groups in total. The third kappa shape index (κ3) is 6.25. The molecular formula is C12H27Cl2N3. The molecule has 2 aliphatic heterocycles. The van der Waals surface area contributed by atoms with E-state index in [1.807, 2.05) is 0 Å². The molecule has 2 aliphatic rings. The van der Waals surface area contributed by atoms with E-state index in [2.05, 4.69) is 22.0 Å². The molecule has 5 heteroatoms. The van der Waals surface area contributed by atoms with E-state index in [1.165, 1.54) is 65.2 Å². The number of nitrogens with one attached hydrogen (secondary N) is 1. The van der Waals surface area contributed by atoms with Crippen LogP contribution in [-0.4, -0.2) is 62.2 Å². The van der Waals surface area contributed by atoms with E-state index in [9.17, 15) is 0 Å². The van der Waals surface area contributed by atoms with E-state index in [4.69, 9.17) is 0 Å². The molecular weight excluding hydrogens is 257 g/mol. The van der Waals surface area contributed by atoms with E-state index < -0.39 is 0 Å². The summed E-state index contributed by atoms with van der Waals surface area (Å²) in [6, 6.07) is 0. The van der Waals surface area contributed by atoms with Crippen molar-refractivity contribution in [3.63, 3.8) is 0 Å². The third-order valence-electron chi connectivity index (χ3n) is 3.82. The first kappa shape index (κ1) is 17.5. The van der Waals surface area contributed by atoms with E-state index in [-0.39, 0.29) is 24.8 Å². The molecule has 0 bridgehead atoms. The Hall–Kier alpha value is 0.460. The molecule has 3 nitrogen and oxygen atoms in total. The van der Waals surface area contributed by atoms with Crippen molar-refractivity contribution in [2.24, 2.45) is 5.92 Å². The number of likely N-dealkylation sites (tertiary alicyclic amines) is 1. The Morgan fingerprint density at radius 2 is 1.35 bits per heavy atom. The van der Waals surface area contributed by atoms with E-state index in [0.29, 0.717) is 0 Å². The molecule has 104 valence electrons. The fourth-order valence-corrected chi connectivity index (χ4v) is 2.50. The number of hydrogen-bond donors (Lipinski definition) is 1. The lowest BCUT2D eigenvalue weighted by Crippen LogP contribution is -2.47. The van der Waals surface area contributed by atoms with Crippen molar-refractivity contribution in [1.29, 1.82) is 0 Å². The van der Waals surface area contributed by atoms with Gasteiger partial charge < -0.3 is 10.2 Å². The molecule has 0 saturated carbocycles. The zero-order chi connectivity index (χ0) is 10.5. The van der Waals surface area contributed by atoms with E-state index in [1.54, 1.807) is 0 Å². The van der Waals surface area contributed by atoms with Gasteiger partial charge >= 0.3 is 0 Å². The lowest BCUT2D eigenvalue weighted by Gasteiger charge is -2.33. The van der Waals surface area contributed by atoms with Crippen LogP contribution in [0.3, 0.4) is 0 Å². The lowest BCUT2D eigenvalue weighted by atomic mass is 9.99. The van der Waals surface area contributed by atoms with Crippen LogP contribution >= 0.6 is 24.8 Å². The minimum Gasteiger partial charge on any atom is -0.314 e. The molecule has 2 saturated heterocycles. The molecule has 0 radical (unpaired) electrons. The minimum absolute atomic E-state index is 0. The number of hydrogen-bond acceptors (Lipinski definition) is 3. The van der Waals surface area contributed by atoms with Crippen molar-refractivity contribution in [2.75, 3.05) is 52.4 Å². The molecule has 0 aliphatic carbocycles. The Kier molecular flexibility index (Phi) is 9.65. The molecule has 0 aromatic carbocycles. The molecule has 2 fully saturated rings. The summed E-state index contributed by atoms with van der Waals surface area (Å²) in [5.74, 6) is 0.959. The summed E-state index contributed by atoms with van der Waals surface area (Å²) >= 11 is 0. The van der Waals surface area contributed by atoms with Gasteiger partial charge in [-0.15, -0.1) is 24.8 Å². The minimum atomic E-state index is 0. The molecule has 0 spiro atoms. The summed E-state index contributed by atoms with van der Waals surface area (Å²) < 4.78 is 0. The van der Waals surface area contributed by atoms with Gasteiger partial charge in [0, 0.05) is 39.3 Å². The highest BCUT2D eigenvalue weighted by atomic mass is 35.5. The topological polar surface area (TPSA) is 18.5 Å². The largest absolute Gasteiger partial charge is 0.314 e. The van der Waals surface area contributed by atoms with Gasteiger partial charge in [-0.1, -0.05) is 6.92 Å². The van der Waals surface area contributed by atoms with Gasteiger partial charge in [0.15, 0.2) is 0 Å². The van der Waals surface area contributed by atoms with Crippen molar-refractivity contribution in [3.8, 4) is 0 Å². The number of rotatable bonds is 3. The van der Waals surface area contributed by atoms with Gasteiger partial charge in [0.1, 0.15) is 0 Å². The second kappa shape index (κ2) is 9.40. The fraction of sp³-hybridized carbons (Fsp3) is 1.00. The zero-order valence-corrected chi connectivity index (χ0v) is 12.5. The highest BCUT2D eigenvalue weighted by Gasteiger charge is 2.16. The molecule has 17 heavy (non-hydrogen) atoms. The van der Waals surface area contributed by atoms with Crippen molar-refractivity contribution >= 4 is 24.8 Å². The predicted molar refractivity (Wildman–Crippen MR) is 78.6 cm³/mol. The maximum Gasteiger partial charge on any atom is 0.0110 e. The van der Waals surface area contributed by atoms with Crippen molar-refractivity contribution in [1.82, 2.24) is 15.1 Å². The second-order valence-electron chi connectivity index (χ2n) is 5.12. The summed E-state index contributed by atoms with van der Waals surface area (Å²) in [7, 11) is 0. The summed E-state index contributed by atoms with van der Waals surface area (Å²) in [6.45, 7) is 12.4. The van der Waals surface area contributed by atoms with Gasteiger partial charge in [0.05, 0.1) is 0 Å². The SMILES string of the molecule is CC1CCN(CCN2CCNCC2)CC1.Cl.Cl. The van der Waals surface area contributed by atoms with Crippen LogP contribution < -0.4 is 5.32 Å². The van der Waals surface area contributed by atoms with Crippen LogP contribution in [0.15, 0.2) is 0 Å². The molecule has 0 unspecified atom stereocenters. The molecule has 2 heterocycles. The van der Waals surface area contributed by atoms with Crippen LogP contribution in [0, 0.1) is 5.92 Å². The second-order valence-corrected chi connectivity index (χ2v) is 5.12. The van der Waals surface area contributed by atoms with Crippen molar-refractivity contribution in [2.45, 2.75) is 19.8 Å². The maximum atomic E-state index is 3.40. The molecule has 0 aromatic heterocycles. The van der Waals surface area contributed by atoms with Crippen LogP contribution in [0.2, 0.25) is 0 Å². The molecule has 0 atom stereocenters. The quantitative estimate of drug-likeness (QED) is 0.846. The Morgan fingerprint density at radius 1 is 0.882 bits per heavy atom. The van der Waals surface area contributed by atoms with Gasteiger partial charge in [-0.3, -0.25) is 4.90 Å². The molecule has 2 rings (SSSR count). The Morgan fingerprint density at radius 3 is 1.88 bits per heavy atom. The number of nitrogens with zero attached hydrogens (tertiary/aromatic N) is 2. The monoisotopic (exact) mass is 283 g/mol. The van der Waals surface area contributed by atoms with Crippen molar-refractivity contribution in [3.05, 3.63) is 0 Å². The average molecular weight is 284 g/mol. The first-order valence-electron chi connectivity index (χ1n) is 6.50. The highest BCUT2D eigenvalue weighted by Crippen LogP contribution is 2.15. The van der Waals surface area contributed by atoms with Crippen LogP contribution in [0.1, 0.15) is 19.8 Å². The Labute approximate surface area is 118 Å². The summed E-state index contributed by atoms with van der Waals surface area (Å²) in [5, 5.41) is 3.40.